The molecule has 0 unspecified atom stereocenters. The zero-order valence-corrected chi connectivity index (χ0v) is 10.5. The first-order valence-electron chi connectivity index (χ1n) is 5.75. The Balaban J connectivity index is 2.57. The molecule has 17 heavy (non-hydrogen) atoms. The summed E-state index contributed by atoms with van der Waals surface area (Å²) in [5.41, 5.74) is 2.03. The summed E-state index contributed by atoms with van der Waals surface area (Å²) in [7, 11) is 3.56. The van der Waals surface area contributed by atoms with Crippen LogP contribution < -0.4 is 5.32 Å². The van der Waals surface area contributed by atoms with Crippen LogP contribution in [0.2, 0.25) is 0 Å². The second kappa shape index (κ2) is 8.00. The van der Waals surface area contributed by atoms with Gasteiger partial charge in [0.15, 0.2) is 0 Å². The van der Waals surface area contributed by atoms with Gasteiger partial charge < -0.3 is 15.2 Å². The van der Waals surface area contributed by atoms with Crippen molar-refractivity contribution in [1.82, 2.24) is 9.88 Å². The Hall–Kier alpha value is -1.17. The molecule has 1 aromatic rings. The highest BCUT2D eigenvalue weighted by molar-refractivity contribution is 5.42. The van der Waals surface area contributed by atoms with E-state index in [4.69, 9.17) is 9.84 Å². The van der Waals surface area contributed by atoms with Crippen molar-refractivity contribution >= 4 is 5.69 Å². The molecule has 0 atom stereocenters. The van der Waals surface area contributed by atoms with Gasteiger partial charge in [0.25, 0.3) is 0 Å². The summed E-state index contributed by atoms with van der Waals surface area (Å²) < 4.78 is 5.05. The van der Waals surface area contributed by atoms with Gasteiger partial charge in [0.2, 0.25) is 0 Å². The van der Waals surface area contributed by atoms with Crippen LogP contribution in [0.1, 0.15) is 5.69 Å². The number of aliphatic hydroxyl groups is 1. The zero-order valence-electron chi connectivity index (χ0n) is 10.5. The van der Waals surface area contributed by atoms with Gasteiger partial charge in [-0.1, -0.05) is 0 Å². The van der Waals surface area contributed by atoms with Crippen molar-refractivity contribution in [1.29, 1.82) is 0 Å². The monoisotopic (exact) mass is 239 g/mol. The van der Waals surface area contributed by atoms with Gasteiger partial charge in [-0.05, 0) is 12.1 Å². The average Bonchev–Trinajstić information content (AvgIpc) is 2.36. The quantitative estimate of drug-likeness (QED) is 0.694. The fraction of sp³-hybridized carbons (Fsp3) is 0.583. The molecule has 2 N–H and O–H groups in total. The van der Waals surface area contributed by atoms with Crippen LogP contribution in [0, 0.1) is 0 Å². The molecular weight excluding hydrogens is 218 g/mol. The van der Waals surface area contributed by atoms with Crippen molar-refractivity contribution in [3.8, 4) is 0 Å². The lowest BCUT2D eigenvalue weighted by atomic mass is 10.3. The van der Waals surface area contributed by atoms with Gasteiger partial charge in [-0.25, -0.2) is 0 Å². The number of pyridine rings is 1. The number of nitrogens with zero attached hydrogens (tertiary/aromatic N) is 2. The van der Waals surface area contributed by atoms with Crippen molar-refractivity contribution in [3.05, 3.63) is 24.0 Å². The number of aliphatic hydroxyl groups excluding tert-OH is 1. The molecular formula is C12H21N3O2. The third-order valence-corrected chi connectivity index (χ3v) is 2.52. The molecule has 0 bridgehead atoms. The molecule has 0 aliphatic heterocycles. The Morgan fingerprint density at radius 3 is 2.94 bits per heavy atom. The number of rotatable bonds is 8. The normalized spacial score (nSPS) is 10.8. The maximum Gasteiger partial charge on any atom is 0.0589 e. The average molecular weight is 239 g/mol. The van der Waals surface area contributed by atoms with Gasteiger partial charge in [0.05, 0.1) is 18.9 Å². The molecule has 0 saturated heterocycles. The first kappa shape index (κ1) is 13.9. The summed E-state index contributed by atoms with van der Waals surface area (Å²) >= 11 is 0. The van der Waals surface area contributed by atoms with E-state index in [0.29, 0.717) is 13.2 Å². The molecule has 5 nitrogen and oxygen atoms in total. The predicted octanol–water partition coefficient (Wildman–Crippen LogP) is 0.564. The van der Waals surface area contributed by atoms with Crippen molar-refractivity contribution in [2.24, 2.45) is 0 Å². The minimum absolute atomic E-state index is 0.148. The molecule has 0 aliphatic rings. The smallest absolute Gasteiger partial charge is 0.0589 e. The molecule has 0 aromatic carbocycles. The zero-order chi connectivity index (χ0) is 12.5. The summed E-state index contributed by atoms with van der Waals surface area (Å²) in [6, 6.07) is 3.94. The van der Waals surface area contributed by atoms with Crippen LogP contribution in [0.5, 0.6) is 0 Å². The molecule has 1 aromatic heterocycles. The van der Waals surface area contributed by atoms with Gasteiger partial charge in [-0.3, -0.25) is 9.88 Å². The van der Waals surface area contributed by atoms with Crippen molar-refractivity contribution < 1.29 is 9.84 Å². The van der Waals surface area contributed by atoms with Gasteiger partial charge >= 0.3 is 0 Å². The van der Waals surface area contributed by atoms with Crippen molar-refractivity contribution in [2.75, 3.05) is 45.8 Å². The summed E-state index contributed by atoms with van der Waals surface area (Å²) in [6.07, 6.45) is 1.79. The molecule has 0 fully saturated rings. The van der Waals surface area contributed by atoms with E-state index in [9.17, 15) is 0 Å². The third kappa shape index (κ3) is 5.12. The summed E-state index contributed by atoms with van der Waals surface area (Å²) in [5.74, 6) is 0. The van der Waals surface area contributed by atoms with E-state index in [1.54, 1.807) is 13.3 Å². The van der Waals surface area contributed by atoms with Gasteiger partial charge in [0, 0.05) is 45.7 Å². The van der Waals surface area contributed by atoms with Crippen molar-refractivity contribution in [3.63, 3.8) is 0 Å². The first-order valence-corrected chi connectivity index (χ1v) is 5.75. The number of nitrogens with one attached hydrogen (secondary N) is 1. The highest BCUT2D eigenvalue weighted by Crippen LogP contribution is 2.08. The van der Waals surface area contributed by atoms with E-state index in [-0.39, 0.29) is 6.61 Å². The molecule has 0 amide bonds. The summed E-state index contributed by atoms with van der Waals surface area (Å²) in [6.45, 7) is 2.96. The number of hydrogen-bond donors (Lipinski definition) is 2. The first-order chi connectivity index (χ1) is 8.30. The van der Waals surface area contributed by atoms with E-state index in [2.05, 4.69) is 15.2 Å². The van der Waals surface area contributed by atoms with Gasteiger partial charge in [-0.2, -0.15) is 0 Å². The van der Waals surface area contributed by atoms with Gasteiger partial charge in [0.1, 0.15) is 0 Å². The number of hydrogen-bond acceptors (Lipinski definition) is 5. The fourth-order valence-electron chi connectivity index (χ4n) is 1.58. The number of aromatic nitrogens is 1. The highest BCUT2D eigenvalue weighted by atomic mass is 16.5. The fourth-order valence-corrected chi connectivity index (χ4v) is 1.58. The standard InChI is InChI=1S/C12H21N3O2/c1-13-11-3-4-14-12(9-11)10-15(5-7-16)6-8-17-2/h3-4,9,16H,5-8,10H2,1-2H3,(H,13,14). The van der Waals surface area contributed by atoms with Crippen molar-refractivity contribution in [2.45, 2.75) is 6.54 Å². The lowest BCUT2D eigenvalue weighted by Gasteiger charge is -2.20. The molecule has 0 radical (unpaired) electrons. The Bertz CT molecular complexity index is 320. The molecule has 1 rings (SSSR count). The van der Waals surface area contributed by atoms with E-state index < -0.39 is 0 Å². The highest BCUT2D eigenvalue weighted by Gasteiger charge is 2.06. The van der Waals surface area contributed by atoms with E-state index in [0.717, 1.165) is 24.5 Å². The van der Waals surface area contributed by atoms with Crippen LogP contribution in [-0.2, 0) is 11.3 Å². The Labute approximate surface area is 102 Å². The van der Waals surface area contributed by atoms with E-state index >= 15 is 0 Å². The third-order valence-electron chi connectivity index (χ3n) is 2.52. The predicted molar refractivity (Wildman–Crippen MR) is 68.0 cm³/mol. The van der Waals surface area contributed by atoms with Gasteiger partial charge in [-0.15, -0.1) is 0 Å². The van der Waals surface area contributed by atoms with Crippen LogP contribution in [0.3, 0.4) is 0 Å². The Kier molecular flexibility index (Phi) is 6.54. The van der Waals surface area contributed by atoms with E-state index in [1.807, 2.05) is 19.2 Å². The van der Waals surface area contributed by atoms with Crippen LogP contribution in [0.15, 0.2) is 18.3 Å². The van der Waals surface area contributed by atoms with Crippen LogP contribution >= 0.6 is 0 Å². The minimum Gasteiger partial charge on any atom is -0.395 e. The molecule has 96 valence electrons. The lowest BCUT2D eigenvalue weighted by Crippen LogP contribution is -2.30. The number of anilines is 1. The number of ether oxygens (including phenoxy) is 1. The Morgan fingerprint density at radius 2 is 2.29 bits per heavy atom. The minimum atomic E-state index is 0.148. The maximum absolute atomic E-state index is 9.00. The van der Waals surface area contributed by atoms with E-state index in [1.165, 1.54) is 0 Å². The molecule has 1 heterocycles. The largest absolute Gasteiger partial charge is 0.395 e. The molecule has 0 aliphatic carbocycles. The second-order valence-electron chi connectivity index (χ2n) is 3.78. The maximum atomic E-state index is 9.00. The SMILES string of the molecule is CNc1ccnc(CN(CCO)CCOC)c1. The van der Waals surface area contributed by atoms with Crippen LogP contribution in [0.25, 0.3) is 0 Å². The summed E-state index contributed by atoms with van der Waals surface area (Å²) in [4.78, 5) is 6.43. The van der Waals surface area contributed by atoms with Crippen LogP contribution in [-0.4, -0.2) is 55.5 Å². The lowest BCUT2D eigenvalue weighted by molar-refractivity contribution is 0.126. The van der Waals surface area contributed by atoms with Crippen LogP contribution in [0.4, 0.5) is 5.69 Å². The molecule has 0 saturated carbocycles. The number of methoxy groups -OCH3 is 1. The second-order valence-corrected chi connectivity index (χ2v) is 3.78. The Morgan fingerprint density at radius 1 is 1.47 bits per heavy atom. The molecule has 0 spiro atoms. The summed E-state index contributed by atoms with van der Waals surface area (Å²) in [5, 5.41) is 12.1. The molecule has 5 heteroatoms. The topological polar surface area (TPSA) is 57.6 Å².